The van der Waals surface area contributed by atoms with Gasteiger partial charge in [0.05, 0.1) is 13.1 Å². The van der Waals surface area contributed by atoms with Crippen LogP contribution in [0.1, 0.15) is 66.1 Å². The number of para-hydroxylation sites is 2. The first-order chi connectivity index (χ1) is 41.4. The molecule has 6 aromatic carbocycles. The van der Waals surface area contributed by atoms with Crippen LogP contribution >= 0.6 is 15.9 Å². The first-order valence-corrected chi connectivity index (χ1v) is 29.3. The number of aromatic nitrogens is 4. The molecule has 4 heterocycles. The highest BCUT2D eigenvalue weighted by molar-refractivity contribution is 9.09. The summed E-state index contributed by atoms with van der Waals surface area (Å²) in [5, 5.41) is 19.9. The molecule has 4 amide bonds. The van der Waals surface area contributed by atoms with Gasteiger partial charge in [0.25, 0.3) is 11.8 Å². The zero-order valence-electron chi connectivity index (χ0n) is 46.9. The average molecular weight is 1240 g/mol. The van der Waals surface area contributed by atoms with Gasteiger partial charge >= 0.3 is 24.9 Å². The van der Waals surface area contributed by atoms with E-state index in [1.165, 1.54) is 90.5 Å². The van der Waals surface area contributed by atoms with Gasteiger partial charge in [0.2, 0.25) is 11.8 Å². The van der Waals surface area contributed by atoms with Gasteiger partial charge in [-0.25, -0.2) is 18.4 Å². The number of anilines is 2. The number of likely N-dealkylation sites (tertiary alicyclic amines) is 1. The van der Waals surface area contributed by atoms with Crippen LogP contribution in [0.15, 0.2) is 167 Å². The smallest absolute Gasteiger partial charge is 0.322 e. The van der Waals surface area contributed by atoms with Crippen molar-refractivity contribution in [3.05, 3.63) is 203 Å². The third-order valence-electron chi connectivity index (χ3n) is 14.2. The number of hydrogen-bond acceptors (Lipinski definition) is 11. The molecular formula is C63H68BrF6N11O4. The maximum Gasteiger partial charge on any atom is 0.322 e. The number of rotatable bonds is 21. The van der Waals surface area contributed by atoms with Crippen LogP contribution in [0, 0.1) is 11.6 Å². The third-order valence-corrected chi connectivity index (χ3v) is 14.6. The second kappa shape index (κ2) is 33.0. The number of nitrogens with one attached hydrogen (secondary N) is 2. The van der Waals surface area contributed by atoms with Crippen molar-refractivity contribution < 1.29 is 44.8 Å². The van der Waals surface area contributed by atoms with Gasteiger partial charge in [-0.05, 0) is 98.4 Å². The number of alkyl halides is 5. The number of urea groups is 2. The lowest BCUT2D eigenvalue weighted by Crippen LogP contribution is -2.49. The van der Waals surface area contributed by atoms with Crippen LogP contribution in [0.3, 0.4) is 0 Å². The largest absolute Gasteiger partial charge is 0.415 e. The maximum absolute atomic E-state index is 15.1. The van der Waals surface area contributed by atoms with Gasteiger partial charge in [-0.15, -0.1) is 20.4 Å². The number of piperidine rings is 1. The molecule has 2 aromatic heterocycles. The Morgan fingerprint density at radius 2 is 0.882 bits per heavy atom. The van der Waals surface area contributed by atoms with E-state index in [4.69, 9.17) is 8.83 Å². The van der Waals surface area contributed by atoms with E-state index in [1.54, 1.807) is 36.4 Å². The summed E-state index contributed by atoms with van der Waals surface area (Å²) in [4.78, 5) is 36.1. The maximum atomic E-state index is 15.1. The van der Waals surface area contributed by atoms with Crippen LogP contribution < -0.4 is 20.4 Å². The van der Waals surface area contributed by atoms with Crippen molar-refractivity contribution in [1.82, 2.24) is 45.7 Å². The van der Waals surface area contributed by atoms with Crippen molar-refractivity contribution in [2.45, 2.75) is 58.0 Å². The molecule has 22 heteroatoms. The predicted molar refractivity (Wildman–Crippen MR) is 319 cm³/mol. The summed E-state index contributed by atoms with van der Waals surface area (Å²) in [7, 11) is 0. The van der Waals surface area contributed by atoms with Crippen molar-refractivity contribution >= 4 is 39.4 Å². The van der Waals surface area contributed by atoms with Crippen molar-refractivity contribution in [3.63, 3.8) is 0 Å². The molecule has 2 N–H and O–H groups in total. The van der Waals surface area contributed by atoms with Gasteiger partial charge in [0.15, 0.2) is 0 Å². The van der Waals surface area contributed by atoms with Crippen LogP contribution in [0.5, 0.6) is 0 Å². The fourth-order valence-corrected chi connectivity index (χ4v) is 9.76. The molecule has 2 saturated heterocycles. The summed E-state index contributed by atoms with van der Waals surface area (Å²) < 4.78 is 90.3. The first-order valence-electron chi connectivity index (χ1n) is 28.2. The van der Waals surface area contributed by atoms with Crippen LogP contribution in [-0.2, 0) is 25.9 Å². The van der Waals surface area contributed by atoms with Gasteiger partial charge in [-0.1, -0.05) is 132 Å². The molecule has 448 valence electrons. The minimum absolute atomic E-state index is 0.0314. The standard InChI is InChI=1S/C31H33F3N6O2.C19H16BrF3N4O2.C13H19N/c32-27-21-24(29-36-37-30(42-29)28(33)34)11-12-25(27)22-40(26-9-5-2-6-10-26)31(41)35-14-16-39-19-17-38(18-20-39)15-13-23-7-3-1-4-8-23;20-8-9-24-19(28)27(14-4-2-1-3-5-14)11-13-7-6-12(10-15(13)21)17-25-26-18(29-17)16(22)23;1-3-7-13(8-4-1)9-12-14-10-5-2-6-11-14/h1-12,21,28H,13-20,22H2,(H,35,41);1-7,10,16H,8-9,11H2,(H,24,28);1,3-4,7-8H,2,5-6,9-12H2. The molecule has 0 unspecified atom stereocenters. The Labute approximate surface area is 499 Å². The molecule has 0 bridgehead atoms. The van der Waals surface area contributed by atoms with E-state index in [-0.39, 0.29) is 59.2 Å². The number of carbonyl (C=O) groups is 2. The molecule has 0 radical (unpaired) electrons. The molecule has 8 aromatic rings. The van der Waals surface area contributed by atoms with Crippen molar-refractivity contribution in [1.29, 1.82) is 0 Å². The highest BCUT2D eigenvalue weighted by Gasteiger charge is 2.24. The second-order valence-corrected chi connectivity index (χ2v) is 21.0. The molecule has 10 rings (SSSR count). The summed E-state index contributed by atoms with van der Waals surface area (Å²) in [6.07, 6.45) is 0.652. The van der Waals surface area contributed by atoms with Gasteiger partial charge in [-0.2, -0.15) is 17.6 Å². The highest BCUT2D eigenvalue weighted by atomic mass is 79.9. The number of piperazine rings is 1. The summed E-state index contributed by atoms with van der Waals surface area (Å²) >= 11 is 3.24. The van der Waals surface area contributed by atoms with Gasteiger partial charge in [0.1, 0.15) is 11.6 Å². The molecule has 2 aliphatic heterocycles. The van der Waals surface area contributed by atoms with Crippen LogP contribution in [-0.4, -0.2) is 124 Å². The van der Waals surface area contributed by atoms with E-state index in [1.807, 2.05) is 30.3 Å². The predicted octanol–water partition coefficient (Wildman–Crippen LogP) is 13.0. The molecular weight excluding hydrogens is 1170 g/mol. The van der Waals surface area contributed by atoms with Crippen molar-refractivity contribution in [3.8, 4) is 22.9 Å². The van der Waals surface area contributed by atoms with Gasteiger partial charge in [0, 0.05) is 97.9 Å². The lowest BCUT2D eigenvalue weighted by Gasteiger charge is -2.35. The second-order valence-electron chi connectivity index (χ2n) is 20.2. The Hall–Kier alpha value is -7.92. The van der Waals surface area contributed by atoms with E-state index in [9.17, 15) is 31.5 Å². The van der Waals surface area contributed by atoms with Crippen molar-refractivity contribution in [2.75, 3.05) is 87.1 Å². The monoisotopic (exact) mass is 1240 g/mol. The SMILES string of the molecule is O=C(NCCBr)N(Cc1ccc(-c2nnc(C(F)F)o2)cc1F)c1ccccc1.O=C(NCCN1CCN(CCc2ccccc2)CC1)N(Cc1ccc(-c2nnc(C(F)F)o2)cc1F)c1ccccc1.c1ccc(CCN2CCCCC2)cc1. The topological polar surface area (TPSA) is 152 Å². The highest BCUT2D eigenvalue weighted by Crippen LogP contribution is 2.29. The van der Waals surface area contributed by atoms with E-state index < -0.39 is 36.3 Å². The molecule has 85 heavy (non-hydrogen) atoms. The number of nitrogens with zero attached hydrogens (tertiary/aromatic N) is 9. The van der Waals surface area contributed by atoms with Crippen LogP contribution in [0.25, 0.3) is 22.9 Å². The quantitative estimate of drug-likeness (QED) is 0.0522. The first kappa shape index (κ1) is 63.1. The summed E-state index contributed by atoms with van der Waals surface area (Å²) in [6, 6.07) is 46.6. The minimum atomic E-state index is -2.91. The summed E-state index contributed by atoms with van der Waals surface area (Å²) in [6.45, 7) is 10.3. The fourth-order valence-electron chi connectivity index (χ4n) is 9.56. The van der Waals surface area contributed by atoms with E-state index in [2.05, 4.69) is 116 Å². The normalized spacial score (nSPS) is 13.8. The molecule has 15 nitrogen and oxygen atoms in total. The number of halogens is 7. The molecule has 2 aliphatic rings. The Kier molecular flexibility index (Phi) is 24.5. The summed E-state index contributed by atoms with van der Waals surface area (Å²) in [5.41, 5.74) is 4.85. The van der Waals surface area contributed by atoms with Gasteiger partial charge < -0.3 is 29.3 Å². The Morgan fingerprint density at radius 1 is 0.494 bits per heavy atom. The third kappa shape index (κ3) is 19.6. The van der Waals surface area contributed by atoms with Crippen molar-refractivity contribution in [2.24, 2.45) is 0 Å². The molecule has 2 fully saturated rings. The molecule has 0 spiro atoms. The lowest BCUT2D eigenvalue weighted by molar-refractivity contribution is 0.115. The number of benzene rings is 6. The molecule has 0 aliphatic carbocycles. The fraction of sp³-hybridized carbons (Fsp3) is 0.333. The van der Waals surface area contributed by atoms with E-state index in [0.29, 0.717) is 29.8 Å². The lowest BCUT2D eigenvalue weighted by atomic mass is 10.1. The Balaban J connectivity index is 0.000000188. The summed E-state index contributed by atoms with van der Waals surface area (Å²) in [5.74, 6) is -3.32. The van der Waals surface area contributed by atoms with E-state index >= 15 is 4.39 Å². The molecule has 0 atom stereocenters. The Morgan fingerprint density at radius 3 is 1.27 bits per heavy atom. The van der Waals surface area contributed by atoms with Crippen LogP contribution in [0.4, 0.5) is 47.3 Å². The number of carbonyl (C=O) groups excluding carboxylic acids is 2. The zero-order valence-corrected chi connectivity index (χ0v) is 48.5. The zero-order chi connectivity index (χ0) is 59.8. The van der Waals surface area contributed by atoms with E-state index in [0.717, 1.165) is 57.8 Å². The van der Waals surface area contributed by atoms with Gasteiger partial charge in [-0.3, -0.25) is 14.7 Å². The molecule has 0 saturated carbocycles. The number of amides is 4. The Bertz CT molecular complexity index is 3270. The average Bonchev–Trinajstić information content (AvgIpc) is 4.32. The van der Waals surface area contributed by atoms with Crippen LogP contribution in [0.2, 0.25) is 0 Å². The minimum Gasteiger partial charge on any atom is -0.415 e. The number of hydrogen-bond donors (Lipinski definition) is 2.